The lowest BCUT2D eigenvalue weighted by molar-refractivity contribution is -0.167. The molecule has 47 heavy (non-hydrogen) atoms. The van der Waals surface area contributed by atoms with Gasteiger partial charge < -0.3 is 15.2 Å². The maximum Gasteiger partial charge on any atom is 0.307 e. The summed E-state index contributed by atoms with van der Waals surface area (Å²) in [5.74, 6) is -2.17. The molecule has 3 aliphatic rings. The number of rotatable bonds is 8. The molecule has 1 saturated heterocycles. The number of anilines is 1. The summed E-state index contributed by atoms with van der Waals surface area (Å²) in [6, 6.07) is 19.2. The van der Waals surface area contributed by atoms with E-state index in [1.54, 1.807) is 77.7 Å². The number of hydrogen-bond donors (Lipinski definition) is 3. The first-order chi connectivity index (χ1) is 22.6. The predicted octanol–water partition coefficient (Wildman–Crippen LogP) is 3.55. The van der Waals surface area contributed by atoms with E-state index < -0.39 is 54.5 Å². The van der Waals surface area contributed by atoms with Gasteiger partial charge in [0.2, 0.25) is 5.91 Å². The van der Waals surface area contributed by atoms with Gasteiger partial charge in [-0.3, -0.25) is 38.8 Å². The molecule has 0 spiro atoms. The smallest absolute Gasteiger partial charge is 0.307 e. The zero-order valence-corrected chi connectivity index (χ0v) is 25.8. The van der Waals surface area contributed by atoms with Crippen molar-refractivity contribution in [3.05, 3.63) is 100 Å². The average Bonchev–Trinajstić information content (AvgIpc) is 3.46. The summed E-state index contributed by atoms with van der Waals surface area (Å²) < 4.78 is 7.78. The summed E-state index contributed by atoms with van der Waals surface area (Å²) >= 11 is 0. The maximum atomic E-state index is 14.1. The normalized spacial score (nSPS) is 22.7. The molecular formula is C35H33N5O7. The molecule has 1 aromatic heterocycles. The number of carboxylic acids is 1. The van der Waals surface area contributed by atoms with E-state index in [9.17, 15) is 29.1 Å². The van der Waals surface area contributed by atoms with Crippen LogP contribution in [-0.2, 0) is 24.7 Å². The number of nitrogens with one attached hydrogen (secondary N) is 2. The third kappa shape index (κ3) is 4.96. The average molecular weight is 636 g/mol. The van der Waals surface area contributed by atoms with Crippen LogP contribution in [0.25, 0.3) is 16.6 Å². The highest BCUT2D eigenvalue weighted by atomic mass is 16.6. The summed E-state index contributed by atoms with van der Waals surface area (Å²) in [5.41, 5.74) is 0.139. The highest BCUT2D eigenvalue weighted by Gasteiger charge is 2.61. The highest BCUT2D eigenvalue weighted by molar-refractivity contribution is 6.03. The fraction of sp³-hybridized carbons (Fsp3) is 0.314. The molecular weight excluding hydrogens is 602 g/mol. The van der Waals surface area contributed by atoms with Crippen molar-refractivity contribution in [2.45, 2.75) is 63.4 Å². The fourth-order valence-electron chi connectivity index (χ4n) is 7.12. The first kappa shape index (κ1) is 30.3. The number of nitrogens with zero attached hydrogens (tertiary/aromatic N) is 3. The Morgan fingerprint density at radius 1 is 0.936 bits per heavy atom. The minimum absolute atomic E-state index is 0.122. The van der Waals surface area contributed by atoms with Crippen molar-refractivity contribution in [3.63, 3.8) is 0 Å². The van der Waals surface area contributed by atoms with E-state index in [4.69, 9.17) is 9.72 Å². The molecule has 12 nitrogen and oxygen atoms in total. The van der Waals surface area contributed by atoms with Crippen molar-refractivity contribution < 1.29 is 29.0 Å². The number of esters is 1. The third-order valence-electron chi connectivity index (χ3n) is 9.08. The molecule has 3 aliphatic heterocycles. The number of aliphatic carboxylic acids is 1. The second-order valence-corrected chi connectivity index (χ2v) is 12.6. The predicted molar refractivity (Wildman–Crippen MR) is 171 cm³/mol. The van der Waals surface area contributed by atoms with Crippen molar-refractivity contribution in [2.24, 2.45) is 5.92 Å². The van der Waals surface area contributed by atoms with Crippen molar-refractivity contribution in [1.82, 2.24) is 20.2 Å². The van der Waals surface area contributed by atoms with Gasteiger partial charge in [-0.05, 0) is 42.7 Å². The monoisotopic (exact) mass is 635 g/mol. The van der Waals surface area contributed by atoms with Crippen LogP contribution >= 0.6 is 0 Å². The molecule has 0 saturated carbocycles. The van der Waals surface area contributed by atoms with E-state index in [0.29, 0.717) is 34.3 Å². The van der Waals surface area contributed by atoms with Crippen LogP contribution < -0.4 is 21.1 Å². The van der Waals surface area contributed by atoms with Crippen LogP contribution in [0.1, 0.15) is 67.3 Å². The van der Waals surface area contributed by atoms with Crippen molar-refractivity contribution >= 4 is 40.3 Å². The number of fused-ring (bicyclic) bond motifs is 7. The summed E-state index contributed by atoms with van der Waals surface area (Å²) in [6.45, 7) is 4.02. The molecule has 7 rings (SSSR count). The maximum absolute atomic E-state index is 14.1. The van der Waals surface area contributed by atoms with Crippen LogP contribution in [-0.4, -0.2) is 50.6 Å². The van der Waals surface area contributed by atoms with Crippen molar-refractivity contribution in [2.75, 3.05) is 4.90 Å². The molecule has 4 heterocycles. The number of benzene rings is 3. The largest absolute Gasteiger partial charge is 0.481 e. The van der Waals surface area contributed by atoms with E-state index in [1.165, 1.54) is 4.57 Å². The third-order valence-corrected chi connectivity index (χ3v) is 9.08. The fourth-order valence-corrected chi connectivity index (χ4v) is 7.12. The number of carbonyl (C=O) groups is 4. The summed E-state index contributed by atoms with van der Waals surface area (Å²) in [7, 11) is 0. The van der Waals surface area contributed by atoms with Gasteiger partial charge in [-0.1, -0.05) is 56.3 Å². The summed E-state index contributed by atoms with van der Waals surface area (Å²) in [5, 5.41) is 16.2. The molecule has 0 radical (unpaired) electrons. The SMILES string of the molecule is CC(C)C[C@@H]1N[C@H]2N(C1=O)c1ccccc1[C@]2(C[C@@H]1NC(=O)c2ccccc2-n2c1nc1ccccc1c2=O)OC(=O)CCC(=O)O. The van der Waals surface area contributed by atoms with Gasteiger partial charge >= 0.3 is 11.9 Å². The standard InChI is InChI=1S/C35H33N5O7/c1-19(2)17-24-33(46)40-27-14-8-5-11-22(27)35(34(40)38-24,47-29(43)16-15-28(41)42)18-25-30-36-23-12-6-3-9-20(23)32(45)39(30)26-13-7-4-10-21(26)31(44)37-25/h3-14,19,24-25,34,38H,15-18H2,1-2H3,(H,37,44)(H,41,42)/t24-,25-,34-,35-/m0/s1. The lowest BCUT2D eigenvalue weighted by atomic mass is 9.85. The Kier molecular flexibility index (Phi) is 7.39. The van der Waals surface area contributed by atoms with Gasteiger partial charge in [-0.2, -0.15) is 0 Å². The first-order valence-electron chi connectivity index (χ1n) is 15.6. The van der Waals surface area contributed by atoms with Crippen LogP contribution in [0.5, 0.6) is 0 Å². The number of carboxylic acid groups (broad SMARTS) is 1. The van der Waals surface area contributed by atoms with Gasteiger partial charge in [0.25, 0.3) is 11.5 Å². The Morgan fingerprint density at radius 3 is 2.40 bits per heavy atom. The molecule has 12 heteroatoms. The number of amides is 2. The van der Waals surface area contributed by atoms with E-state index in [0.717, 1.165) is 0 Å². The van der Waals surface area contributed by atoms with E-state index in [-0.39, 0.29) is 35.2 Å². The van der Waals surface area contributed by atoms with Gasteiger partial charge in [0.1, 0.15) is 12.0 Å². The van der Waals surface area contributed by atoms with Crippen molar-refractivity contribution in [3.8, 4) is 5.69 Å². The molecule has 3 aromatic carbocycles. The first-order valence-corrected chi connectivity index (χ1v) is 15.6. The molecule has 2 amide bonds. The Balaban J connectivity index is 1.43. The van der Waals surface area contributed by atoms with Gasteiger partial charge in [-0.25, -0.2) is 4.98 Å². The Labute approximate surface area is 269 Å². The molecule has 4 aromatic rings. The number of ether oxygens (including phenoxy) is 1. The Hall–Kier alpha value is -5.36. The van der Waals surface area contributed by atoms with Crippen LogP contribution in [0.15, 0.2) is 77.6 Å². The minimum Gasteiger partial charge on any atom is -0.481 e. The van der Waals surface area contributed by atoms with E-state index >= 15 is 0 Å². The Bertz CT molecular complexity index is 2020. The molecule has 0 bridgehead atoms. The number of hydrogen-bond acceptors (Lipinski definition) is 8. The Morgan fingerprint density at radius 2 is 1.64 bits per heavy atom. The topological polar surface area (TPSA) is 160 Å². The zero-order valence-electron chi connectivity index (χ0n) is 25.8. The zero-order chi connectivity index (χ0) is 33.0. The lowest BCUT2D eigenvalue weighted by Gasteiger charge is -2.38. The molecule has 240 valence electrons. The van der Waals surface area contributed by atoms with Crippen molar-refractivity contribution in [1.29, 1.82) is 0 Å². The van der Waals surface area contributed by atoms with E-state index in [2.05, 4.69) is 10.6 Å². The van der Waals surface area contributed by atoms with Crippen LogP contribution in [0, 0.1) is 5.92 Å². The van der Waals surface area contributed by atoms with Gasteiger partial charge in [0.05, 0.1) is 52.8 Å². The number of aromatic nitrogens is 2. The van der Waals surface area contributed by atoms with E-state index in [1.807, 2.05) is 13.8 Å². The quantitative estimate of drug-likeness (QED) is 0.246. The minimum atomic E-state index is -1.60. The number of para-hydroxylation sites is 3. The molecule has 0 unspecified atom stereocenters. The second kappa shape index (κ2) is 11.5. The molecule has 4 atom stereocenters. The summed E-state index contributed by atoms with van der Waals surface area (Å²) in [6.07, 6.45) is -1.33. The number of carbonyl (C=O) groups excluding carboxylic acids is 3. The molecule has 1 fully saturated rings. The lowest BCUT2D eigenvalue weighted by Crippen LogP contribution is -2.53. The van der Waals surface area contributed by atoms with Crippen LogP contribution in [0.2, 0.25) is 0 Å². The van der Waals surface area contributed by atoms with Crippen LogP contribution in [0.4, 0.5) is 5.69 Å². The highest BCUT2D eigenvalue weighted by Crippen LogP contribution is 2.52. The van der Waals surface area contributed by atoms with Gasteiger partial charge in [0.15, 0.2) is 5.60 Å². The second-order valence-electron chi connectivity index (χ2n) is 12.6. The van der Waals surface area contributed by atoms with Gasteiger partial charge in [-0.15, -0.1) is 0 Å². The molecule has 0 aliphatic carbocycles. The molecule has 3 N–H and O–H groups in total. The van der Waals surface area contributed by atoms with Gasteiger partial charge in [0, 0.05) is 12.0 Å². The van der Waals surface area contributed by atoms with Crippen LogP contribution in [0.3, 0.4) is 0 Å². The summed E-state index contributed by atoms with van der Waals surface area (Å²) in [4.78, 5) is 73.3.